The Bertz CT molecular complexity index is 900. The van der Waals surface area contributed by atoms with E-state index in [1.54, 1.807) is 12.1 Å². The van der Waals surface area contributed by atoms with E-state index in [0.717, 1.165) is 12.0 Å². The molecule has 8 heteroatoms. The zero-order chi connectivity index (χ0) is 22.2. The molecule has 0 saturated heterocycles. The SMILES string of the molecule is C[C@H]1Cc2cc(C(=O)OCC(=O)NC(C)(C)CC(C)(C)C)ccc2N1S(C)(=O)=O. The Hall–Kier alpha value is -2.09. The summed E-state index contributed by atoms with van der Waals surface area (Å²) in [5.74, 6) is -0.965. The molecule has 1 aliphatic heterocycles. The van der Waals surface area contributed by atoms with E-state index < -0.39 is 21.5 Å². The first-order valence-corrected chi connectivity index (χ1v) is 11.5. The maximum absolute atomic E-state index is 12.4. The zero-order valence-corrected chi connectivity index (χ0v) is 19.1. The van der Waals surface area contributed by atoms with Gasteiger partial charge in [-0.2, -0.15) is 0 Å². The van der Waals surface area contributed by atoms with Crippen molar-refractivity contribution in [1.29, 1.82) is 0 Å². The summed E-state index contributed by atoms with van der Waals surface area (Å²) in [6.07, 6.45) is 2.46. The summed E-state index contributed by atoms with van der Waals surface area (Å²) in [6.45, 7) is 11.6. The normalized spacial score (nSPS) is 17.1. The number of rotatable bonds is 6. The molecule has 1 aromatic carbocycles. The van der Waals surface area contributed by atoms with Gasteiger partial charge in [0.2, 0.25) is 10.0 Å². The molecule has 2 rings (SSSR count). The van der Waals surface area contributed by atoms with Gasteiger partial charge in [-0.15, -0.1) is 0 Å². The number of fused-ring (bicyclic) bond motifs is 1. The number of nitrogens with zero attached hydrogens (tertiary/aromatic N) is 1. The Balaban J connectivity index is 2.01. The number of esters is 1. The predicted octanol–water partition coefficient (Wildman–Crippen LogP) is 2.89. The van der Waals surface area contributed by atoms with Crippen molar-refractivity contribution in [3.8, 4) is 0 Å². The Morgan fingerprint density at radius 1 is 1.21 bits per heavy atom. The molecule has 0 saturated carbocycles. The second-order valence-electron chi connectivity index (χ2n) is 9.70. The van der Waals surface area contributed by atoms with E-state index in [0.29, 0.717) is 17.7 Å². The molecular weight excluding hydrogens is 392 g/mol. The molecule has 1 atom stereocenters. The summed E-state index contributed by atoms with van der Waals surface area (Å²) in [6, 6.07) is 4.57. The number of amides is 1. The van der Waals surface area contributed by atoms with E-state index in [9.17, 15) is 18.0 Å². The predicted molar refractivity (Wildman–Crippen MR) is 114 cm³/mol. The van der Waals surface area contributed by atoms with Crippen LogP contribution in [0.5, 0.6) is 0 Å². The lowest BCUT2D eigenvalue weighted by molar-refractivity contribution is -0.126. The van der Waals surface area contributed by atoms with Crippen molar-refractivity contribution < 1.29 is 22.7 Å². The third kappa shape index (κ3) is 6.19. The highest BCUT2D eigenvalue weighted by atomic mass is 32.2. The lowest BCUT2D eigenvalue weighted by Gasteiger charge is -2.33. The van der Waals surface area contributed by atoms with E-state index in [1.807, 2.05) is 20.8 Å². The fourth-order valence-electron chi connectivity index (χ4n) is 4.23. The molecule has 0 spiro atoms. The van der Waals surface area contributed by atoms with Crippen LogP contribution in [0.1, 0.15) is 63.9 Å². The number of anilines is 1. The Labute approximate surface area is 173 Å². The van der Waals surface area contributed by atoms with Gasteiger partial charge in [0.25, 0.3) is 5.91 Å². The van der Waals surface area contributed by atoms with Gasteiger partial charge < -0.3 is 10.1 Å². The first kappa shape index (κ1) is 23.2. The van der Waals surface area contributed by atoms with Crippen molar-refractivity contribution in [3.05, 3.63) is 29.3 Å². The second-order valence-corrected chi connectivity index (χ2v) is 11.6. The Morgan fingerprint density at radius 2 is 1.83 bits per heavy atom. The van der Waals surface area contributed by atoms with E-state index in [-0.39, 0.29) is 24.0 Å². The highest BCUT2D eigenvalue weighted by Crippen LogP contribution is 2.34. The standard InChI is InChI=1S/C21H32N2O5S/c1-14-10-16-11-15(8-9-17(16)23(14)29(7,26)27)19(25)28-12-18(24)22-21(5,6)13-20(2,3)4/h8-9,11,14H,10,12-13H2,1-7H3,(H,22,24)/t14-/m0/s1. The maximum atomic E-state index is 12.4. The van der Waals surface area contributed by atoms with Crippen molar-refractivity contribution >= 4 is 27.6 Å². The van der Waals surface area contributed by atoms with Crippen LogP contribution in [0.2, 0.25) is 0 Å². The fourth-order valence-corrected chi connectivity index (χ4v) is 5.50. The van der Waals surface area contributed by atoms with Crippen molar-refractivity contribution in [3.63, 3.8) is 0 Å². The van der Waals surface area contributed by atoms with Gasteiger partial charge in [0.05, 0.1) is 17.5 Å². The van der Waals surface area contributed by atoms with Crippen molar-refractivity contribution in [2.75, 3.05) is 17.2 Å². The average Bonchev–Trinajstić information content (AvgIpc) is 2.84. The largest absolute Gasteiger partial charge is 0.452 e. The minimum absolute atomic E-state index is 0.0505. The number of ether oxygens (including phenoxy) is 1. The van der Waals surface area contributed by atoms with Gasteiger partial charge in [0.15, 0.2) is 6.61 Å². The highest BCUT2D eigenvalue weighted by molar-refractivity contribution is 7.92. The molecular formula is C21H32N2O5S. The van der Waals surface area contributed by atoms with Gasteiger partial charge in [-0.3, -0.25) is 9.10 Å². The first-order chi connectivity index (χ1) is 13.1. The van der Waals surface area contributed by atoms with Crippen LogP contribution in [0.25, 0.3) is 0 Å². The third-order valence-electron chi connectivity index (χ3n) is 4.61. The van der Waals surface area contributed by atoms with E-state index in [1.165, 1.54) is 16.6 Å². The number of nitrogens with one attached hydrogen (secondary N) is 1. The van der Waals surface area contributed by atoms with Gasteiger partial charge in [-0.1, -0.05) is 20.8 Å². The highest BCUT2D eigenvalue weighted by Gasteiger charge is 2.33. The zero-order valence-electron chi connectivity index (χ0n) is 18.3. The van der Waals surface area contributed by atoms with E-state index in [2.05, 4.69) is 26.1 Å². The van der Waals surface area contributed by atoms with Crippen LogP contribution in [0.15, 0.2) is 18.2 Å². The number of benzene rings is 1. The molecule has 162 valence electrons. The minimum atomic E-state index is -3.39. The molecule has 0 bridgehead atoms. The molecule has 0 aromatic heterocycles. The van der Waals surface area contributed by atoms with Crippen LogP contribution < -0.4 is 9.62 Å². The van der Waals surface area contributed by atoms with Crippen LogP contribution in [-0.4, -0.2) is 44.7 Å². The smallest absolute Gasteiger partial charge is 0.338 e. The summed E-state index contributed by atoms with van der Waals surface area (Å²) < 4.78 is 30.5. The summed E-state index contributed by atoms with van der Waals surface area (Å²) in [5.41, 5.74) is 1.29. The van der Waals surface area contributed by atoms with Gasteiger partial charge in [-0.05, 0) is 62.8 Å². The molecule has 1 aliphatic rings. The minimum Gasteiger partial charge on any atom is -0.452 e. The maximum Gasteiger partial charge on any atom is 0.338 e. The van der Waals surface area contributed by atoms with E-state index in [4.69, 9.17) is 4.74 Å². The van der Waals surface area contributed by atoms with Crippen molar-refractivity contribution in [2.24, 2.45) is 5.41 Å². The van der Waals surface area contributed by atoms with E-state index >= 15 is 0 Å². The van der Waals surface area contributed by atoms with Crippen LogP contribution in [-0.2, 0) is 26.0 Å². The fraction of sp³-hybridized carbons (Fsp3) is 0.619. The molecule has 0 radical (unpaired) electrons. The lowest BCUT2D eigenvalue weighted by atomic mass is 9.82. The van der Waals surface area contributed by atoms with Crippen LogP contribution in [0.4, 0.5) is 5.69 Å². The van der Waals surface area contributed by atoms with Gasteiger partial charge in [0.1, 0.15) is 0 Å². The molecule has 1 amide bonds. The molecule has 0 aliphatic carbocycles. The molecule has 7 nitrogen and oxygen atoms in total. The van der Waals surface area contributed by atoms with Gasteiger partial charge in [0, 0.05) is 11.6 Å². The Kier molecular flexibility index (Phi) is 6.37. The molecule has 1 N–H and O–H groups in total. The number of hydrogen-bond acceptors (Lipinski definition) is 5. The number of sulfonamides is 1. The third-order valence-corrected chi connectivity index (χ3v) is 5.88. The summed E-state index contributed by atoms with van der Waals surface area (Å²) in [4.78, 5) is 24.6. The number of hydrogen-bond donors (Lipinski definition) is 1. The molecule has 29 heavy (non-hydrogen) atoms. The molecule has 1 heterocycles. The Morgan fingerprint density at radius 3 is 2.38 bits per heavy atom. The van der Waals surface area contributed by atoms with Crippen molar-refractivity contribution in [2.45, 2.75) is 66.0 Å². The summed E-state index contributed by atoms with van der Waals surface area (Å²) >= 11 is 0. The molecule has 0 unspecified atom stereocenters. The van der Waals surface area contributed by atoms with Gasteiger partial charge >= 0.3 is 5.97 Å². The lowest BCUT2D eigenvalue weighted by Crippen LogP contribution is -2.47. The summed E-state index contributed by atoms with van der Waals surface area (Å²) in [7, 11) is -3.39. The molecule has 0 fully saturated rings. The molecule has 1 aromatic rings. The summed E-state index contributed by atoms with van der Waals surface area (Å²) in [5, 5.41) is 2.90. The van der Waals surface area contributed by atoms with Crippen LogP contribution >= 0.6 is 0 Å². The van der Waals surface area contributed by atoms with Crippen LogP contribution in [0.3, 0.4) is 0 Å². The van der Waals surface area contributed by atoms with Gasteiger partial charge in [-0.25, -0.2) is 13.2 Å². The van der Waals surface area contributed by atoms with Crippen LogP contribution in [0, 0.1) is 5.41 Å². The van der Waals surface area contributed by atoms with Crippen molar-refractivity contribution in [1.82, 2.24) is 5.32 Å². The average molecular weight is 425 g/mol. The first-order valence-electron chi connectivity index (χ1n) is 9.69. The monoisotopic (exact) mass is 424 g/mol. The number of carbonyl (C=O) groups is 2. The topological polar surface area (TPSA) is 92.8 Å². The number of carbonyl (C=O) groups excluding carboxylic acids is 2. The second kappa shape index (κ2) is 7.97. The quantitative estimate of drug-likeness (QED) is 0.709.